The molecule has 6 aromatic rings. The van der Waals surface area contributed by atoms with E-state index in [1.165, 1.54) is 27.8 Å². The molecule has 7 rings (SSSR count). The van der Waals surface area contributed by atoms with Gasteiger partial charge in [-0.2, -0.15) is 0 Å². The quantitative estimate of drug-likeness (QED) is 0.108. The average molecular weight is 647 g/mol. The number of benzene rings is 6. The van der Waals surface area contributed by atoms with Crippen LogP contribution in [0, 0.1) is 0 Å². The summed E-state index contributed by atoms with van der Waals surface area (Å²) in [7, 11) is 0. The number of hydrogen-bond acceptors (Lipinski definition) is 2. The molecule has 0 aliphatic heterocycles. The fraction of sp³-hybridized carbons (Fsp3) is 0.0833. The molecule has 0 bridgehead atoms. The summed E-state index contributed by atoms with van der Waals surface area (Å²) in [6, 6.07) is 54.2. The van der Waals surface area contributed by atoms with Gasteiger partial charge in [-0.15, -0.1) is 0 Å². The molecule has 6 aromatic carbocycles. The van der Waals surface area contributed by atoms with Gasteiger partial charge in [0.2, 0.25) is 0 Å². The van der Waals surface area contributed by atoms with Crippen molar-refractivity contribution in [2.75, 3.05) is 9.80 Å². The van der Waals surface area contributed by atoms with Gasteiger partial charge in [-0.3, -0.25) is 0 Å². The predicted octanol–water partition coefficient (Wildman–Crippen LogP) is 13.4. The van der Waals surface area contributed by atoms with Crippen molar-refractivity contribution in [3.05, 3.63) is 210 Å². The molecular formula is C48H42N2. The number of rotatable bonds is 10. The Morgan fingerprint density at radius 2 is 1.02 bits per heavy atom. The van der Waals surface area contributed by atoms with Crippen LogP contribution in [0.25, 0.3) is 23.3 Å². The number of anilines is 5. The summed E-state index contributed by atoms with van der Waals surface area (Å²) in [5, 5.41) is 0. The van der Waals surface area contributed by atoms with Gasteiger partial charge >= 0.3 is 0 Å². The molecular weight excluding hydrogens is 605 g/mol. The van der Waals surface area contributed by atoms with Crippen molar-refractivity contribution in [2.24, 2.45) is 0 Å². The number of fused-ring (bicyclic) bond motifs is 3. The third-order valence-electron chi connectivity index (χ3n) is 9.56. The molecule has 0 aromatic heterocycles. The maximum absolute atomic E-state index is 3.89. The number of nitrogens with zero attached hydrogens (tertiary/aromatic N) is 2. The monoisotopic (exact) mass is 646 g/mol. The van der Waals surface area contributed by atoms with Gasteiger partial charge in [0, 0.05) is 39.5 Å². The second-order valence-corrected chi connectivity index (χ2v) is 13.1. The Labute approximate surface area is 297 Å². The van der Waals surface area contributed by atoms with Crippen molar-refractivity contribution in [2.45, 2.75) is 26.2 Å². The molecule has 2 heteroatoms. The maximum atomic E-state index is 3.89. The van der Waals surface area contributed by atoms with E-state index >= 15 is 0 Å². The maximum Gasteiger partial charge on any atom is 0.0464 e. The molecule has 0 N–H and O–H groups in total. The van der Waals surface area contributed by atoms with E-state index < -0.39 is 0 Å². The fourth-order valence-electron chi connectivity index (χ4n) is 7.00. The van der Waals surface area contributed by atoms with Crippen LogP contribution in [-0.4, -0.2) is 0 Å². The Hall–Kier alpha value is -6.12. The molecule has 1 aliphatic carbocycles. The van der Waals surface area contributed by atoms with Gasteiger partial charge in [0.15, 0.2) is 0 Å². The molecule has 0 atom stereocenters. The van der Waals surface area contributed by atoms with E-state index in [0.717, 1.165) is 39.7 Å². The zero-order valence-corrected chi connectivity index (χ0v) is 29.0. The lowest BCUT2D eigenvalue weighted by molar-refractivity contribution is 0.660. The summed E-state index contributed by atoms with van der Waals surface area (Å²) in [5.41, 5.74) is 14.3. The molecule has 0 saturated carbocycles. The number of hydrogen-bond donors (Lipinski definition) is 0. The van der Waals surface area contributed by atoms with Gasteiger partial charge < -0.3 is 9.80 Å². The van der Waals surface area contributed by atoms with Gasteiger partial charge in [0.1, 0.15) is 0 Å². The summed E-state index contributed by atoms with van der Waals surface area (Å²) >= 11 is 0. The number of para-hydroxylation sites is 3. The molecule has 50 heavy (non-hydrogen) atoms. The van der Waals surface area contributed by atoms with Gasteiger partial charge in [0.25, 0.3) is 0 Å². The van der Waals surface area contributed by atoms with E-state index in [1.807, 2.05) is 12.2 Å². The van der Waals surface area contributed by atoms with E-state index in [4.69, 9.17) is 0 Å². The highest BCUT2D eigenvalue weighted by molar-refractivity contribution is 5.86. The molecule has 2 nitrogen and oxygen atoms in total. The third kappa shape index (κ3) is 6.36. The molecule has 1 aliphatic rings. The minimum absolute atomic E-state index is 0.153. The molecule has 0 unspecified atom stereocenters. The van der Waals surface area contributed by atoms with Gasteiger partial charge in [-0.25, -0.2) is 0 Å². The third-order valence-corrected chi connectivity index (χ3v) is 9.56. The normalized spacial score (nSPS) is 13.3. The largest absolute Gasteiger partial charge is 0.311 e. The first-order valence-corrected chi connectivity index (χ1v) is 17.3. The Morgan fingerprint density at radius 1 is 0.540 bits per heavy atom. The molecule has 0 saturated heterocycles. The summed E-state index contributed by atoms with van der Waals surface area (Å²) < 4.78 is 0. The lowest BCUT2D eigenvalue weighted by atomic mass is 9.81. The minimum Gasteiger partial charge on any atom is -0.311 e. The summed E-state index contributed by atoms with van der Waals surface area (Å²) in [6.07, 6.45) is 12.5. The van der Waals surface area contributed by atoms with Crippen molar-refractivity contribution in [1.82, 2.24) is 0 Å². The highest BCUT2D eigenvalue weighted by Crippen LogP contribution is 2.50. The fourth-order valence-corrected chi connectivity index (χ4v) is 7.00. The smallest absolute Gasteiger partial charge is 0.0464 e. The van der Waals surface area contributed by atoms with E-state index in [2.05, 4.69) is 213 Å². The Bertz CT molecular complexity index is 2150. The van der Waals surface area contributed by atoms with Crippen molar-refractivity contribution in [3.63, 3.8) is 0 Å². The van der Waals surface area contributed by atoms with Crippen LogP contribution in [0.2, 0.25) is 0 Å². The summed E-state index contributed by atoms with van der Waals surface area (Å²) in [6.45, 7) is 10.7. The first-order chi connectivity index (χ1) is 24.5. The van der Waals surface area contributed by atoms with Crippen LogP contribution in [0.5, 0.6) is 0 Å². The molecule has 0 fully saturated rings. The van der Waals surface area contributed by atoms with E-state index in [9.17, 15) is 0 Å². The zero-order valence-electron chi connectivity index (χ0n) is 29.0. The highest BCUT2D eigenvalue weighted by Gasteiger charge is 2.36. The van der Waals surface area contributed by atoms with Crippen LogP contribution in [0.15, 0.2) is 188 Å². The second kappa shape index (κ2) is 14.2. The lowest BCUT2D eigenvalue weighted by Crippen LogP contribution is -2.18. The van der Waals surface area contributed by atoms with Crippen LogP contribution < -0.4 is 9.80 Å². The predicted molar refractivity (Wildman–Crippen MR) is 216 cm³/mol. The topological polar surface area (TPSA) is 6.48 Å². The highest BCUT2D eigenvalue weighted by atomic mass is 15.1. The molecule has 244 valence electrons. The second-order valence-electron chi connectivity index (χ2n) is 13.1. The first-order valence-electron chi connectivity index (χ1n) is 17.3. The van der Waals surface area contributed by atoms with Crippen molar-refractivity contribution in [1.29, 1.82) is 0 Å². The Kier molecular flexibility index (Phi) is 9.18. The SMILES string of the molecule is C=C/C=C\C(=C/C)N(c1ccccc1)c1ccc2c(c1)C(C)(C)c1cc(/C=C/c3ccc(N(c4ccccc4)c4ccccc4)cc3)ccc1-2. The first kappa shape index (κ1) is 32.4. The summed E-state index contributed by atoms with van der Waals surface area (Å²) in [5.74, 6) is 0. The standard InChI is InChI=1S/C48H42N2/c1-5-7-17-38(6-2)49(39-18-11-8-12-19-39)43-31-33-45-44-32-28-37(34-46(44)48(3,4)47(45)35-43)25-24-36-26-29-42(30-27-36)50(40-20-13-9-14-21-40)41-22-15-10-16-23-41/h5-35H,1H2,2-4H3/b17-7-,25-24+,38-6+. The Balaban J connectivity index is 1.17. The molecule has 0 spiro atoms. The summed E-state index contributed by atoms with van der Waals surface area (Å²) in [4.78, 5) is 4.60. The van der Waals surface area contributed by atoms with Crippen molar-refractivity contribution >= 4 is 40.6 Å². The van der Waals surface area contributed by atoms with Crippen LogP contribution in [0.4, 0.5) is 28.4 Å². The van der Waals surface area contributed by atoms with Gasteiger partial charge in [0.05, 0.1) is 0 Å². The molecule has 0 heterocycles. The lowest BCUT2D eigenvalue weighted by Gasteiger charge is -2.28. The van der Waals surface area contributed by atoms with Crippen LogP contribution in [-0.2, 0) is 5.41 Å². The van der Waals surface area contributed by atoms with Crippen molar-refractivity contribution < 1.29 is 0 Å². The van der Waals surface area contributed by atoms with E-state index in [-0.39, 0.29) is 5.41 Å². The van der Waals surface area contributed by atoms with Crippen molar-refractivity contribution in [3.8, 4) is 11.1 Å². The van der Waals surface area contributed by atoms with Gasteiger partial charge in [-0.1, -0.05) is 142 Å². The van der Waals surface area contributed by atoms with Gasteiger partial charge in [-0.05, 0) is 107 Å². The number of allylic oxidation sites excluding steroid dienone is 4. The zero-order chi connectivity index (χ0) is 34.5. The van der Waals surface area contributed by atoms with Crippen LogP contribution in [0.3, 0.4) is 0 Å². The van der Waals surface area contributed by atoms with Crippen LogP contribution >= 0.6 is 0 Å². The van der Waals surface area contributed by atoms with E-state index in [0.29, 0.717) is 0 Å². The average Bonchev–Trinajstić information content (AvgIpc) is 3.39. The van der Waals surface area contributed by atoms with Crippen LogP contribution in [0.1, 0.15) is 43.0 Å². The Morgan fingerprint density at radius 3 is 1.60 bits per heavy atom. The molecule has 0 amide bonds. The minimum atomic E-state index is -0.153. The molecule has 0 radical (unpaired) electrons. The van der Waals surface area contributed by atoms with E-state index in [1.54, 1.807) is 0 Å².